The van der Waals surface area contributed by atoms with Gasteiger partial charge in [0.05, 0.1) is 5.56 Å². The van der Waals surface area contributed by atoms with E-state index in [1.165, 1.54) is 18.2 Å². The summed E-state index contributed by atoms with van der Waals surface area (Å²) in [5, 5.41) is 16.4. The molecule has 6 heteroatoms. The number of nitrogens with zero attached hydrogens (tertiary/aromatic N) is 2. The van der Waals surface area contributed by atoms with Gasteiger partial charge < -0.3 is 9.67 Å². The number of phenolic OH excluding ortho intramolecular Hbond substituents is 1. The van der Waals surface area contributed by atoms with Gasteiger partial charge in [0.15, 0.2) is 10.6 Å². The topological polar surface area (TPSA) is 53.8 Å². The molecule has 4 nitrogen and oxygen atoms in total. The van der Waals surface area contributed by atoms with Gasteiger partial charge >= 0.3 is 0 Å². The van der Waals surface area contributed by atoms with Crippen LogP contribution in [0.4, 0.5) is 4.39 Å². The van der Waals surface area contributed by atoms with Crippen molar-refractivity contribution in [3.8, 4) is 17.1 Å². The molecule has 17 heavy (non-hydrogen) atoms. The van der Waals surface area contributed by atoms with Gasteiger partial charge in [0.2, 0.25) is 0 Å². The smallest absolute Gasteiger partial charge is 0.195 e. The molecule has 1 heterocycles. The Kier molecular flexibility index (Phi) is 3.23. The molecule has 90 valence electrons. The number of benzene rings is 1. The van der Waals surface area contributed by atoms with E-state index < -0.39 is 5.82 Å². The fraction of sp³-hybridized carbons (Fsp3) is 0.273. The Balaban J connectivity index is 2.60. The molecule has 0 radical (unpaired) electrons. The van der Waals surface area contributed by atoms with E-state index in [4.69, 9.17) is 12.2 Å². The Morgan fingerprint density at radius 1 is 1.53 bits per heavy atom. The molecule has 0 saturated heterocycles. The lowest BCUT2D eigenvalue weighted by atomic mass is 10.2. The summed E-state index contributed by atoms with van der Waals surface area (Å²) < 4.78 is 15.4. The number of hydrogen-bond donors (Lipinski definition) is 2. The van der Waals surface area contributed by atoms with E-state index in [0.717, 1.165) is 6.42 Å². The maximum absolute atomic E-state index is 13.2. The Bertz CT molecular complexity index is 591. The Hall–Kier alpha value is -1.69. The van der Waals surface area contributed by atoms with E-state index in [1.807, 2.05) is 6.92 Å². The third-order valence-corrected chi connectivity index (χ3v) is 2.72. The summed E-state index contributed by atoms with van der Waals surface area (Å²) in [6.45, 7) is 2.67. The third-order valence-electron chi connectivity index (χ3n) is 2.40. The van der Waals surface area contributed by atoms with Crippen LogP contribution in [0.3, 0.4) is 0 Å². The second kappa shape index (κ2) is 4.67. The number of aromatic nitrogens is 3. The standard InChI is InChI=1S/C11H12FN3OS/c1-2-5-15-10(13-14-11(15)17)8-6-7(12)3-4-9(8)16/h3-4,6,16H,2,5H2,1H3,(H,14,17). The summed E-state index contributed by atoms with van der Waals surface area (Å²) in [6.07, 6.45) is 0.872. The number of rotatable bonds is 3. The quantitative estimate of drug-likeness (QED) is 0.827. The van der Waals surface area contributed by atoms with E-state index >= 15 is 0 Å². The Morgan fingerprint density at radius 2 is 2.29 bits per heavy atom. The van der Waals surface area contributed by atoms with Crippen LogP contribution in [0.5, 0.6) is 5.75 Å². The number of phenols is 1. The van der Waals surface area contributed by atoms with Crippen molar-refractivity contribution in [3.05, 3.63) is 28.8 Å². The van der Waals surface area contributed by atoms with Crippen LogP contribution in [0.25, 0.3) is 11.4 Å². The van der Waals surface area contributed by atoms with E-state index in [1.54, 1.807) is 4.57 Å². The summed E-state index contributed by atoms with van der Waals surface area (Å²) in [6, 6.07) is 3.75. The van der Waals surface area contributed by atoms with Crippen molar-refractivity contribution in [3.63, 3.8) is 0 Å². The number of aromatic hydroxyl groups is 1. The molecule has 2 N–H and O–H groups in total. The van der Waals surface area contributed by atoms with Crippen molar-refractivity contribution in [2.75, 3.05) is 0 Å². The minimum Gasteiger partial charge on any atom is -0.507 e. The third kappa shape index (κ3) is 2.21. The van der Waals surface area contributed by atoms with Gasteiger partial charge in [-0.05, 0) is 36.8 Å². The number of nitrogens with one attached hydrogen (secondary N) is 1. The first-order chi connectivity index (χ1) is 8.13. The van der Waals surface area contributed by atoms with Gasteiger partial charge in [0, 0.05) is 6.54 Å². The molecule has 2 aromatic rings. The number of H-pyrrole nitrogens is 1. The average molecular weight is 253 g/mol. The normalized spacial score (nSPS) is 10.7. The summed E-state index contributed by atoms with van der Waals surface area (Å²) in [5.74, 6) is 0.0152. The summed E-state index contributed by atoms with van der Waals surface area (Å²) in [7, 11) is 0. The lowest BCUT2D eigenvalue weighted by molar-refractivity contribution is 0.474. The number of halogens is 1. The van der Waals surface area contributed by atoms with Crippen LogP contribution < -0.4 is 0 Å². The Labute approximate surface area is 103 Å². The highest BCUT2D eigenvalue weighted by Crippen LogP contribution is 2.28. The van der Waals surface area contributed by atoms with Gasteiger partial charge in [0.25, 0.3) is 0 Å². The van der Waals surface area contributed by atoms with Gasteiger partial charge in [-0.2, -0.15) is 5.10 Å². The first kappa shape index (κ1) is 11.8. The first-order valence-corrected chi connectivity index (χ1v) is 5.68. The largest absolute Gasteiger partial charge is 0.507 e. The average Bonchev–Trinajstić information content (AvgIpc) is 2.65. The van der Waals surface area contributed by atoms with Crippen LogP contribution in [0.2, 0.25) is 0 Å². The zero-order chi connectivity index (χ0) is 12.4. The highest BCUT2D eigenvalue weighted by molar-refractivity contribution is 7.71. The van der Waals surface area contributed by atoms with Crippen molar-refractivity contribution in [1.82, 2.24) is 14.8 Å². The fourth-order valence-corrected chi connectivity index (χ4v) is 1.87. The number of aromatic amines is 1. The van der Waals surface area contributed by atoms with Crippen LogP contribution in [0, 0.1) is 10.6 Å². The molecular weight excluding hydrogens is 241 g/mol. The molecule has 0 aliphatic heterocycles. The molecule has 1 aromatic carbocycles. The lowest BCUT2D eigenvalue weighted by Gasteiger charge is -2.06. The van der Waals surface area contributed by atoms with Crippen LogP contribution in [0.15, 0.2) is 18.2 Å². The minimum atomic E-state index is -0.422. The van der Waals surface area contributed by atoms with Gasteiger partial charge in [-0.3, -0.25) is 5.10 Å². The fourth-order valence-electron chi connectivity index (χ4n) is 1.64. The summed E-state index contributed by atoms with van der Waals surface area (Å²) in [4.78, 5) is 0. The molecule has 1 aromatic heterocycles. The molecule has 0 aliphatic rings. The van der Waals surface area contributed by atoms with Crippen LogP contribution in [-0.2, 0) is 6.54 Å². The van der Waals surface area contributed by atoms with Crippen molar-refractivity contribution in [1.29, 1.82) is 0 Å². The van der Waals surface area contributed by atoms with E-state index in [2.05, 4.69) is 10.2 Å². The zero-order valence-electron chi connectivity index (χ0n) is 9.27. The molecule has 0 amide bonds. The van der Waals surface area contributed by atoms with Crippen LogP contribution in [0.1, 0.15) is 13.3 Å². The molecule has 0 aliphatic carbocycles. The predicted octanol–water partition coefficient (Wildman–Crippen LogP) is 2.86. The first-order valence-electron chi connectivity index (χ1n) is 5.27. The van der Waals surface area contributed by atoms with Gasteiger partial charge in [0.1, 0.15) is 11.6 Å². The van der Waals surface area contributed by atoms with Crippen molar-refractivity contribution in [2.45, 2.75) is 19.9 Å². The number of hydrogen-bond acceptors (Lipinski definition) is 3. The van der Waals surface area contributed by atoms with Gasteiger partial charge in [-0.1, -0.05) is 6.92 Å². The van der Waals surface area contributed by atoms with Crippen LogP contribution in [-0.4, -0.2) is 19.9 Å². The highest BCUT2D eigenvalue weighted by Gasteiger charge is 2.13. The van der Waals surface area contributed by atoms with E-state index in [9.17, 15) is 9.50 Å². The maximum atomic E-state index is 13.2. The predicted molar refractivity (Wildman–Crippen MR) is 64.8 cm³/mol. The molecule has 0 unspecified atom stereocenters. The Morgan fingerprint density at radius 3 is 3.00 bits per heavy atom. The zero-order valence-corrected chi connectivity index (χ0v) is 10.1. The van der Waals surface area contributed by atoms with Crippen molar-refractivity contribution < 1.29 is 9.50 Å². The van der Waals surface area contributed by atoms with Crippen LogP contribution >= 0.6 is 12.2 Å². The van der Waals surface area contributed by atoms with Gasteiger partial charge in [-0.25, -0.2) is 4.39 Å². The lowest BCUT2D eigenvalue weighted by Crippen LogP contribution is -2.00. The summed E-state index contributed by atoms with van der Waals surface area (Å²) >= 11 is 5.08. The second-order valence-electron chi connectivity index (χ2n) is 3.67. The van der Waals surface area contributed by atoms with Crippen molar-refractivity contribution in [2.24, 2.45) is 0 Å². The SMILES string of the molecule is CCCn1c(-c2cc(F)ccc2O)n[nH]c1=S. The van der Waals surface area contributed by atoms with Gasteiger partial charge in [-0.15, -0.1) is 0 Å². The maximum Gasteiger partial charge on any atom is 0.195 e. The summed E-state index contributed by atoms with van der Waals surface area (Å²) in [5.41, 5.74) is 0.339. The molecule has 0 fully saturated rings. The molecule has 0 saturated carbocycles. The molecule has 0 atom stereocenters. The second-order valence-corrected chi connectivity index (χ2v) is 4.05. The highest BCUT2D eigenvalue weighted by atomic mass is 32.1. The molecule has 0 bridgehead atoms. The van der Waals surface area contributed by atoms with Crippen molar-refractivity contribution >= 4 is 12.2 Å². The molecule has 0 spiro atoms. The monoisotopic (exact) mass is 253 g/mol. The molecule has 2 rings (SSSR count). The minimum absolute atomic E-state index is 0.0160. The van der Waals surface area contributed by atoms with E-state index in [-0.39, 0.29) is 5.75 Å². The molecular formula is C11H12FN3OS. The van der Waals surface area contributed by atoms with E-state index in [0.29, 0.717) is 22.7 Å².